The molecule has 2 nitrogen and oxygen atoms in total. The number of hydrogen-bond acceptors (Lipinski definition) is 3. The van der Waals surface area contributed by atoms with Crippen molar-refractivity contribution in [3.05, 3.63) is 103 Å². The molecule has 0 bridgehead atoms. The van der Waals surface area contributed by atoms with E-state index in [1.165, 1.54) is 23.9 Å². The van der Waals surface area contributed by atoms with Crippen molar-refractivity contribution in [2.24, 2.45) is 4.99 Å². The third kappa shape index (κ3) is 5.33. The van der Waals surface area contributed by atoms with Crippen LogP contribution >= 0.6 is 11.8 Å². The number of para-hydroxylation sites is 2. The van der Waals surface area contributed by atoms with Crippen molar-refractivity contribution in [2.45, 2.75) is 11.8 Å². The number of aliphatic imine (C=N–C) groups is 1. The maximum atomic E-state index is 13.2. The summed E-state index contributed by atoms with van der Waals surface area (Å²) in [6.45, 7) is 1.95. The summed E-state index contributed by atoms with van der Waals surface area (Å²) in [6, 6.07) is 25.7. The quantitative estimate of drug-likeness (QED) is 0.220. The zero-order chi connectivity index (χ0) is 18.2. The predicted octanol–water partition coefficient (Wildman–Crippen LogP) is 6.63. The van der Waals surface area contributed by atoms with Crippen LogP contribution in [-0.2, 0) is 0 Å². The Hall–Kier alpha value is -2.85. The zero-order valence-corrected chi connectivity index (χ0v) is 15.1. The van der Waals surface area contributed by atoms with Crippen LogP contribution < -0.4 is 4.74 Å². The molecule has 0 spiro atoms. The summed E-state index contributed by atoms with van der Waals surface area (Å²) >= 11 is 1.47. The molecule has 0 heterocycles. The minimum absolute atomic E-state index is 0.254. The lowest BCUT2D eigenvalue weighted by molar-refractivity contribution is 0.478. The number of ether oxygens (including phenoxy) is 1. The largest absolute Gasteiger partial charge is 0.465 e. The second-order valence-corrected chi connectivity index (χ2v) is 6.60. The highest BCUT2D eigenvalue weighted by Gasteiger charge is 2.07. The first-order valence-corrected chi connectivity index (χ1v) is 8.98. The van der Waals surface area contributed by atoms with Gasteiger partial charge in [0, 0.05) is 10.5 Å². The van der Waals surface area contributed by atoms with Crippen molar-refractivity contribution in [1.82, 2.24) is 0 Å². The van der Waals surface area contributed by atoms with Crippen molar-refractivity contribution in [3.8, 4) is 5.75 Å². The predicted molar refractivity (Wildman–Crippen MR) is 107 cm³/mol. The standard InChI is InChI=1S/C22H18FNOS/c1-17(16-25-20-10-6-3-7-11-20)22(24-19-8-4-2-5-9-19)26-21-14-12-18(23)13-15-21/h2-16H,1H3. The van der Waals surface area contributed by atoms with E-state index >= 15 is 0 Å². The molecule has 0 aliphatic carbocycles. The molecule has 0 atom stereocenters. The molecule has 0 saturated carbocycles. The number of thioether (sulfide) groups is 1. The van der Waals surface area contributed by atoms with E-state index in [1.54, 1.807) is 18.4 Å². The SMILES string of the molecule is CC(=COc1ccccc1)C(=Nc1ccccc1)Sc1ccc(F)cc1. The van der Waals surface area contributed by atoms with E-state index in [0.29, 0.717) is 0 Å². The summed E-state index contributed by atoms with van der Waals surface area (Å²) in [5.41, 5.74) is 1.73. The minimum Gasteiger partial charge on any atom is -0.465 e. The summed E-state index contributed by atoms with van der Waals surface area (Å²) in [5, 5.41) is 0.790. The molecule has 0 N–H and O–H groups in total. The van der Waals surface area contributed by atoms with Gasteiger partial charge in [-0.05, 0) is 55.5 Å². The second kappa shape index (κ2) is 9.02. The van der Waals surface area contributed by atoms with Gasteiger partial charge in [-0.3, -0.25) is 0 Å². The normalized spacial score (nSPS) is 12.1. The molecule has 0 aliphatic heterocycles. The Bertz CT molecular complexity index is 890. The average Bonchev–Trinajstić information content (AvgIpc) is 2.69. The molecule has 0 aromatic heterocycles. The highest BCUT2D eigenvalue weighted by Crippen LogP contribution is 2.27. The van der Waals surface area contributed by atoms with Gasteiger partial charge >= 0.3 is 0 Å². The minimum atomic E-state index is -0.254. The zero-order valence-electron chi connectivity index (χ0n) is 14.3. The third-order valence-corrected chi connectivity index (χ3v) is 4.58. The molecule has 0 amide bonds. The Morgan fingerprint density at radius 1 is 0.885 bits per heavy atom. The summed E-state index contributed by atoms with van der Waals surface area (Å²) < 4.78 is 18.9. The van der Waals surface area contributed by atoms with Gasteiger partial charge in [0.2, 0.25) is 0 Å². The Labute approximate surface area is 157 Å². The van der Waals surface area contributed by atoms with Gasteiger partial charge in [-0.1, -0.05) is 48.2 Å². The van der Waals surface area contributed by atoms with Crippen molar-refractivity contribution in [2.75, 3.05) is 0 Å². The summed E-state index contributed by atoms with van der Waals surface area (Å²) in [7, 11) is 0. The molecule has 3 aromatic rings. The van der Waals surface area contributed by atoms with Crippen molar-refractivity contribution < 1.29 is 9.13 Å². The number of halogens is 1. The van der Waals surface area contributed by atoms with Crippen LogP contribution in [0, 0.1) is 5.82 Å². The van der Waals surface area contributed by atoms with Gasteiger partial charge in [0.1, 0.15) is 16.6 Å². The van der Waals surface area contributed by atoms with E-state index in [1.807, 2.05) is 67.6 Å². The molecular formula is C22H18FNOS. The summed E-state index contributed by atoms with van der Waals surface area (Å²) in [6.07, 6.45) is 1.69. The van der Waals surface area contributed by atoms with E-state index in [9.17, 15) is 4.39 Å². The van der Waals surface area contributed by atoms with Gasteiger partial charge in [-0.15, -0.1) is 0 Å². The van der Waals surface area contributed by atoms with Gasteiger partial charge < -0.3 is 4.74 Å². The Morgan fingerprint density at radius 3 is 2.15 bits per heavy atom. The topological polar surface area (TPSA) is 21.6 Å². The van der Waals surface area contributed by atoms with Gasteiger partial charge in [0.15, 0.2) is 0 Å². The van der Waals surface area contributed by atoms with Gasteiger partial charge in [0.05, 0.1) is 11.9 Å². The van der Waals surface area contributed by atoms with E-state index in [-0.39, 0.29) is 5.82 Å². The van der Waals surface area contributed by atoms with Crippen LogP contribution in [0.2, 0.25) is 0 Å². The van der Waals surface area contributed by atoms with Crippen molar-refractivity contribution in [1.29, 1.82) is 0 Å². The Kier molecular flexibility index (Phi) is 6.23. The fourth-order valence-corrected chi connectivity index (χ4v) is 2.99. The van der Waals surface area contributed by atoms with Crippen LogP contribution in [0.3, 0.4) is 0 Å². The first-order valence-electron chi connectivity index (χ1n) is 8.17. The van der Waals surface area contributed by atoms with Crippen LogP contribution in [0.25, 0.3) is 0 Å². The van der Waals surface area contributed by atoms with Crippen LogP contribution in [-0.4, -0.2) is 5.04 Å². The van der Waals surface area contributed by atoms with E-state index in [0.717, 1.165) is 26.9 Å². The Balaban J connectivity index is 1.86. The van der Waals surface area contributed by atoms with Gasteiger partial charge in [-0.2, -0.15) is 0 Å². The number of nitrogens with zero attached hydrogens (tertiary/aromatic N) is 1. The first-order chi connectivity index (χ1) is 12.7. The lowest BCUT2D eigenvalue weighted by atomic mass is 10.3. The first kappa shape index (κ1) is 18.0. The Morgan fingerprint density at radius 2 is 1.50 bits per heavy atom. The van der Waals surface area contributed by atoms with Gasteiger partial charge in [0.25, 0.3) is 0 Å². The molecule has 0 fully saturated rings. The summed E-state index contributed by atoms with van der Waals surface area (Å²) in [5.74, 6) is 0.508. The molecule has 3 rings (SSSR count). The maximum Gasteiger partial charge on any atom is 0.126 e. The van der Waals surface area contributed by atoms with Crippen LogP contribution in [0.4, 0.5) is 10.1 Å². The molecule has 130 valence electrons. The fraction of sp³-hybridized carbons (Fsp3) is 0.0455. The van der Waals surface area contributed by atoms with Crippen LogP contribution in [0.15, 0.2) is 107 Å². The fourth-order valence-electron chi connectivity index (χ4n) is 2.13. The van der Waals surface area contributed by atoms with E-state index in [4.69, 9.17) is 9.73 Å². The highest BCUT2D eigenvalue weighted by atomic mass is 32.2. The number of hydrogen-bond donors (Lipinski definition) is 0. The molecule has 3 aromatic carbocycles. The lowest BCUT2D eigenvalue weighted by Crippen LogP contribution is -1.97. The monoisotopic (exact) mass is 363 g/mol. The van der Waals surface area contributed by atoms with Crippen molar-refractivity contribution >= 4 is 22.5 Å². The molecule has 0 aliphatic rings. The van der Waals surface area contributed by atoms with Crippen LogP contribution in [0.5, 0.6) is 5.75 Å². The molecule has 0 unspecified atom stereocenters. The van der Waals surface area contributed by atoms with Gasteiger partial charge in [-0.25, -0.2) is 9.38 Å². The number of rotatable bonds is 5. The smallest absolute Gasteiger partial charge is 0.126 e. The maximum absolute atomic E-state index is 13.2. The lowest BCUT2D eigenvalue weighted by Gasteiger charge is -2.08. The second-order valence-electron chi connectivity index (χ2n) is 5.54. The molecule has 4 heteroatoms. The highest BCUT2D eigenvalue weighted by molar-refractivity contribution is 8.14. The van der Waals surface area contributed by atoms with Crippen LogP contribution in [0.1, 0.15) is 6.92 Å². The number of benzene rings is 3. The molecule has 0 radical (unpaired) electrons. The average molecular weight is 363 g/mol. The van der Waals surface area contributed by atoms with E-state index < -0.39 is 0 Å². The molecular weight excluding hydrogens is 345 g/mol. The molecule has 26 heavy (non-hydrogen) atoms. The third-order valence-electron chi connectivity index (χ3n) is 3.47. The summed E-state index contributed by atoms with van der Waals surface area (Å²) in [4.78, 5) is 5.64. The van der Waals surface area contributed by atoms with E-state index in [2.05, 4.69) is 0 Å². The molecule has 0 saturated heterocycles. The van der Waals surface area contributed by atoms with Crippen molar-refractivity contribution in [3.63, 3.8) is 0 Å².